The molecule has 0 bridgehead atoms. The third-order valence-electron chi connectivity index (χ3n) is 2.59. The van der Waals surface area contributed by atoms with E-state index < -0.39 is 0 Å². The van der Waals surface area contributed by atoms with Gasteiger partial charge in [-0.2, -0.15) is 0 Å². The van der Waals surface area contributed by atoms with Crippen molar-refractivity contribution in [3.05, 3.63) is 0 Å². The molecule has 0 unspecified atom stereocenters. The van der Waals surface area contributed by atoms with Crippen LogP contribution >= 0.6 is 11.8 Å². The minimum absolute atomic E-state index is 0.0822. The second kappa shape index (κ2) is 4.68. The Bertz CT molecular complexity index is 248. The number of primary amides is 1. The van der Waals surface area contributed by atoms with Crippen LogP contribution in [-0.4, -0.2) is 28.9 Å². The van der Waals surface area contributed by atoms with E-state index >= 15 is 0 Å². The van der Waals surface area contributed by atoms with E-state index in [0.29, 0.717) is 0 Å². The Morgan fingerprint density at radius 1 is 1.64 bits per heavy atom. The highest BCUT2D eigenvalue weighted by atomic mass is 32.2. The van der Waals surface area contributed by atoms with Crippen molar-refractivity contribution in [2.75, 3.05) is 12.3 Å². The highest BCUT2D eigenvalue weighted by molar-refractivity contribution is 8.14. The summed E-state index contributed by atoms with van der Waals surface area (Å²) in [6, 6.07) is 0. The minimum Gasteiger partial charge on any atom is -0.368 e. The lowest BCUT2D eigenvalue weighted by molar-refractivity contribution is -0.116. The maximum Gasteiger partial charge on any atom is 0.239 e. The molecular formula is C9H17N3OS. The Hall–Kier alpha value is -0.710. The number of amidine groups is 1. The van der Waals surface area contributed by atoms with Crippen LogP contribution in [0.3, 0.4) is 0 Å². The van der Waals surface area contributed by atoms with Crippen molar-refractivity contribution in [1.82, 2.24) is 5.32 Å². The maximum atomic E-state index is 10.5. The lowest BCUT2D eigenvalue weighted by atomic mass is 9.96. The van der Waals surface area contributed by atoms with Crippen LogP contribution in [0.5, 0.6) is 0 Å². The van der Waals surface area contributed by atoms with Crippen LogP contribution in [0.1, 0.15) is 26.7 Å². The normalized spacial score (nSPS) is 22.3. The van der Waals surface area contributed by atoms with Crippen molar-refractivity contribution in [3.8, 4) is 0 Å². The van der Waals surface area contributed by atoms with Crippen LogP contribution in [-0.2, 0) is 4.79 Å². The number of amides is 1. The van der Waals surface area contributed by atoms with E-state index in [-0.39, 0.29) is 18.0 Å². The van der Waals surface area contributed by atoms with E-state index in [0.717, 1.165) is 23.8 Å². The van der Waals surface area contributed by atoms with Gasteiger partial charge in [-0.25, -0.2) is 0 Å². The molecule has 0 aromatic rings. The van der Waals surface area contributed by atoms with Gasteiger partial charge in [0, 0.05) is 11.3 Å². The van der Waals surface area contributed by atoms with E-state index in [4.69, 9.17) is 5.73 Å². The zero-order valence-electron chi connectivity index (χ0n) is 8.67. The Kier molecular flexibility index (Phi) is 3.80. The molecule has 1 saturated heterocycles. The monoisotopic (exact) mass is 215 g/mol. The van der Waals surface area contributed by atoms with Gasteiger partial charge < -0.3 is 11.1 Å². The maximum absolute atomic E-state index is 10.5. The van der Waals surface area contributed by atoms with E-state index in [9.17, 15) is 4.79 Å². The van der Waals surface area contributed by atoms with Gasteiger partial charge in [0.25, 0.3) is 0 Å². The number of nitrogens with zero attached hydrogens (tertiary/aromatic N) is 1. The Labute approximate surface area is 88.7 Å². The minimum atomic E-state index is -0.384. The summed E-state index contributed by atoms with van der Waals surface area (Å²) in [6.07, 6.45) is 2.15. The third-order valence-corrected chi connectivity index (χ3v) is 3.79. The average Bonchev–Trinajstić information content (AvgIpc) is 2.59. The summed E-state index contributed by atoms with van der Waals surface area (Å²) in [5.74, 6) is 0.642. The molecule has 0 saturated carbocycles. The first kappa shape index (κ1) is 11.4. The number of rotatable bonds is 4. The first-order valence-corrected chi connectivity index (χ1v) is 5.84. The standard InChI is InChI=1S/C9H17N3OS/c1-3-9(4-2)6-14-8(12-9)11-5-7(10)13/h3-6H2,1-2H3,(H2,10,13)(H,11,12). The van der Waals surface area contributed by atoms with Crippen molar-refractivity contribution >= 4 is 22.8 Å². The fraction of sp³-hybridized carbons (Fsp3) is 0.778. The van der Waals surface area contributed by atoms with Crippen LogP contribution < -0.4 is 11.1 Å². The van der Waals surface area contributed by atoms with Gasteiger partial charge in [0.05, 0.1) is 0 Å². The molecule has 80 valence electrons. The quantitative estimate of drug-likeness (QED) is 0.726. The molecule has 1 heterocycles. The number of nitrogens with two attached hydrogens (primary N) is 1. The molecule has 5 heteroatoms. The lowest BCUT2D eigenvalue weighted by Gasteiger charge is -2.25. The summed E-state index contributed by atoms with van der Waals surface area (Å²) in [6.45, 7) is 4.40. The molecule has 3 N–H and O–H groups in total. The van der Waals surface area contributed by atoms with Gasteiger partial charge in [0.15, 0.2) is 5.17 Å². The van der Waals surface area contributed by atoms with Crippen molar-refractivity contribution in [2.24, 2.45) is 10.7 Å². The van der Waals surface area contributed by atoms with Gasteiger partial charge in [-0.15, -0.1) is 0 Å². The van der Waals surface area contributed by atoms with E-state index in [2.05, 4.69) is 24.2 Å². The van der Waals surface area contributed by atoms with Crippen molar-refractivity contribution in [3.63, 3.8) is 0 Å². The number of nitrogens with one attached hydrogen (secondary N) is 1. The van der Waals surface area contributed by atoms with Gasteiger partial charge in [-0.3, -0.25) is 9.79 Å². The highest BCUT2D eigenvalue weighted by Crippen LogP contribution is 2.28. The summed E-state index contributed by atoms with van der Waals surface area (Å²) in [5, 5.41) is 4.22. The number of hydrogen-bond donors (Lipinski definition) is 2. The molecule has 1 fully saturated rings. The van der Waals surface area contributed by atoms with Crippen LogP contribution in [0.15, 0.2) is 4.99 Å². The van der Waals surface area contributed by atoms with Crippen molar-refractivity contribution in [2.45, 2.75) is 32.2 Å². The zero-order valence-corrected chi connectivity index (χ0v) is 9.49. The molecular weight excluding hydrogens is 198 g/mol. The molecule has 0 aliphatic carbocycles. The molecule has 1 aliphatic heterocycles. The fourth-order valence-electron chi connectivity index (χ4n) is 1.37. The SMILES string of the molecule is CCC1(CC)CSC(=NCC(N)=O)N1. The van der Waals surface area contributed by atoms with Gasteiger partial charge in [0.2, 0.25) is 5.91 Å². The van der Waals surface area contributed by atoms with Crippen LogP contribution in [0.2, 0.25) is 0 Å². The average molecular weight is 215 g/mol. The molecule has 1 rings (SSSR count). The largest absolute Gasteiger partial charge is 0.368 e. The second-order valence-corrected chi connectivity index (χ2v) is 4.45. The molecule has 0 spiro atoms. The Morgan fingerprint density at radius 3 is 2.71 bits per heavy atom. The predicted molar refractivity (Wildman–Crippen MR) is 60.4 cm³/mol. The summed E-state index contributed by atoms with van der Waals surface area (Å²) in [5.41, 5.74) is 5.19. The van der Waals surface area contributed by atoms with Crippen LogP contribution in [0.4, 0.5) is 0 Å². The molecule has 0 atom stereocenters. The van der Waals surface area contributed by atoms with Gasteiger partial charge in [0.1, 0.15) is 6.54 Å². The van der Waals surface area contributed by atoms with Crippen LogP contribution in [0.25, 0.3) is 0 Å². The third kappa shape index (κ3) is 2.64. The van der Waals surface area contributed by atoms with Gasteiger partial charge >= 0.3 is 0 Å². The van der Waals surface area contributed by atoms with Crippen LogP contribution in [0, 0.1) is 0 Å². The summed E-state index contributed by atoms with van der Waals surface area (Å²) in [7, 11) is 0. The zero-order chi connectivity index (χ0) is 10.6. The summed E-state index contributed by atoms with van der Waals surface area (Å²) >= 11 is 1.67. The molecule has 14 heavy (non-hydrogen) atoms. The number of carbonyl (C=O) groups excluding carboxylic acids is 1. The molecule has 1 aliphatic rings. The van der Waals surface area contributed by atoms with E-state index in [1.54, 1.807) is 11.8 Å². The van der Waals surface area contributed by atoms with E-state index in [1.807, 2.05) is 0 Å². The van der Waals surface area contributed by atoms with Crippen molar-refractivity contribution < 1.29 is 4.79 Å². The second-order valence-electron chi connectivity index (χ2n) is 3.49. The topological polar surface area (TPSA) is 67.5 Å². The Morgan fingerprint density at radius 2 is 2.29 bits per heavy atom. The molecule has 1 amide bonds. The first-order valence-electron chi connectivity index (χ1n) is 4.85. The molecule has 0 aromatic carbocycles. The molecule has 0 aromatic heterocycles. The fourth-order valence-corrected chi connectivity index (χ4v) is 2.71. The highest BCUT2D eigenvalue weighted by Gasteiger charge is 2.33. The van der Waals surface area contributed by atoms with Gasteiger partial charge in [-0.05, 0) is 12.8 Å². The number of thioether (sulfide) groups is 1. The lowest BCUT2D eigenvalue weighted by Crippen LogP contribution is -2.42. The Balaban J connectivity index is 2.55. The number of hydrogen-bond acceptors (Lipinski definition) is 3. The van der Waals surface area contributed by atoms with Crippen molar-refractivity contribution in [1.29, 1.82) is 0 Å². The summed E-state index contributed by atoms with van der Waals surface area (Å²) < 4.78 is 0. The van der Waals surface area contributed by atoms with Gasteiger partial charge in [-0.1, -0.05) is 25.6 Å². The molecule has 0 radical (unpaired) electrons. The summed E-state index contributed by atoms with van der Waals surface area (Å²) in [4.78, 5) is 14.6. The first-order chi connectivity index (χ1) is 6.62. The van der Waals surface area contributed by atoms with E-state index in [1.165, 1.54) is 0 Å². The number of carbonyl (C=O) groups is 1. The smallest absolute Gasteiger partial charge is 0.239 e. The predicted octanol–water partition coefficient (Wildman–Crippen LogP) is 0.723. The number of aliphatic imine (C=N–C) groups is 1. The molecule has 4 nitrogen and oxygen atoms in total.